The predicted molar refractivity (Wildman–Crippen MR) is 115 cm³/mol. The van der Waals surface area contributed by atoms with Gasteiger partial charge in [0, 0.05) is 48.7 Å². The van der Waals surface area contributed by atoms with Crippen molar-refractivity contribution in [3.8, 4) is 5.69 Å². The monoisotopic (exact) mass is 404 g/mol. The molecule has 7 nitrogen and oxygen atoms in total. The number of carbonyl (C=O) groups excluding carboxylic acids is 2. The third-order valence-electron chi connectivity index (χ3n) is 5.06. The van der Waals surface area contributed by atoms with Crippen LogP contribution in [0.2, 0.25) is 0 Å². The molecule has 0 unspecified atom stereocenters. The van der Waals surface area contributed by atoms with Crippen LogP contribution < -0.4 is 10.2 Å². The Kier molecular flexibility index (Phi) is 6.08. The van der Waals surface area contributed by atoms with E-state index in [1.165, 1.54) is 25.5 Å². The molecule has 0 bridgehead atoms. The van der Waals surface area contributed by atoms with E-state index >= 15 is 0 Å². The molecule has 1 saturated heterocycles. The summed E-state index contributed by atoms with van der Waals surface area (Å²) in [6.45, 7) is 1.77. The van der Waals surface area contributed by atoms with Crippen molar-refractivity contribution in [1.29, 1.82) is 0 Å². The SMILES string of the molecule is O=C(COC(=O)c1cc(-n2cccc2)ccn1)Nc1ccc(N2CCCCC2)cc1. The minimum atomic E-state index is -0.639. The fraction of sp³-hybridized carbons (Fsp3) is 0.261. The van der Waals surface area contributed by atoms with E-state index in [-0.39, 0.29) is 12.3 Å². The summed E-state index contributed by atoms with van der Waals surface area (Å²) in [5, 5.41) is 2.75. The lowest BCUT2D eigenvalue weighted by molar-refractivity contribution is -0.119. The van der Waals surface area contributed by atoms with Crippen molar-refractivity contribution in [3.63, 3.8) is 0 Å². The lowest BCUT2D eigenvalue weighted by atomic mass is 10.1. The number of aromatic nitrogens is 2. The van der Waals surface area contributed by atoms with Crippen molar-refractivity contribution < 1.29 is 14.3 Å². The molecule has 2 aromatic heterocycles. The van der Waals surface area contributed by atoms with E-state index in [0.29, 0.717) is 5.69 Å². The summed E-state index contributed by atoms with van der Waals surface area (Å²) in [4.78, 5) is 30.8. The Morgan fingerprint density at radius 3 is 2.43 bits per heavy atom. The minimum absolute atomic E-state index is 0.153. The highest BCUT2D eigenvalue weighted by molar-refractivity contribution is 5.95. The number of nitrogens with zero attached hydrogens (tertiary/aromatic N) is 3. The summed E-state index contributed by atoms with van der Waals surface area (Å²) < 4.78 is 6.98. The zero-order valence-electron chi connectivity index (χ0n) is 16.7. The molecule has 30 heavy (non-hydrogen) atoms. The Morgan fingerprint density at radius 1 is 0.967 bits per heavy atom. The fourth-order valence-corrected chi connectivity index (χ4v) is 3.51. The molecule has 3 aromatic rings. The van der Waals surface area contributed by atoms with Gasteiger partial charge in [-0.15, -0.1) is 0 Å². The second-order valence-electron chi connectivity index (χ2n) is 7.21. The van der Waals surface area contributed by atoms with Crippen molar-refractivity contribution >= 4 is 23.3 Å². The number of hydrogen-bond donors (Lipinski definition) is 1. The zero-order chi connectivity index (χ0) is 20.8. The molecule has 3 heterocycles. The van der Waals surface area contributed by atoms with E-state index in [1.807, 2.05) is 53.4 Å². The van der Waals surface area contributed by atoms with Gasteiger partial charge in [-0.25, -0.2) is 9.78 Å². The average molecular weight is 404 g/mol. The zero-order valence-corrected chi connectivity index (χ0v) is 16.7. The number of hydrogen-bond acceptors (Lipinski definition) is 5. The van der Waals surface area contributed by atoms with Gasteiger partial charge in [0.25, 0.3) is 5.91 Å². The Labute approximate surface area is 175 Å². The smallest absolute Gasteiger partial charge is 0.357 e. The van der Waals surface area contributed by atoms with Crippen LogP contribution in [0.15, 0.2) is 67.1 Å². The summed E-state index contributed by atoms with van der Waals surface area (Å²) in [5.41, 5.74) is 2.78. The number of carbonyl (C=O) groups is 2. The van der Waals surface area contributed by atoms with Crippen molar-refractivity contribution in [2.45, 2.75) is 19.3 Å². The lowest BCUT2D eigenvalue weighted by Crippen LogP contribution is -2.29. The minimum Gasteiger partial charge on any atom is -0.451 e. The van der Waals surface area contributed by atoms with E-state index in [2.05, 4.69) is 15.2 Å². The summed E-state index contributed by atoms with van der Waals surface area (Å²) in [6, 6.07) is 14.9. The molecule has 154 valence electrons. The number of piperidine rings is 1. The van der Waals surface area contributed by atoms with E-state index in [1.54, 1.807) is 12.1 Å². The van der Waals surface area contributed by atoms with Gasteiger partial charge in [-0.2, -0.15) is 0 Å². The Hall–Kier alpha value is -3.61. The molecule has 0 radical (unpaired) electrons. The molecular weight excluding hydrogens is 380 g/mol. The van der Waals surface area contributed by atoms with E-state index in [9.17, 15) is 9.59 Å². The highest BCUT2D eigenvalue weighted by atomic mass is 16.5. The highest BCUT2D eigenvalue weighted by Crippen LogP contribution is 2.21. The van der Waals surface area contributed by atoms with Crippen molar-refractivity contribution in [3.05, 3.63) is 72.8 Å². The Bertz CT molecular complexity index is 994. The molecule has 7 heteroatoms. The van der Waals surface area contributed by atoms with Crippen LogP contribution in [0.1, 0.15) is 29.8 Å². The molecular formula is C23H24N4O3. The van der Waals surface area contributed by atoms with Crippen LogP contribution in [0.25, 0.3) is 5.69 Å². The predicted octanol–water partition coefficient (Wildman–Crippen LogP) is 3.66. The van der Waals surface area contributed by atoms with Crippen LogP contribution in [0.3, 0.4) is 0 Å². The molecule has 1 amide bonds. The molecule has 1 aliphatic rings. The summed E-state index contributed by atoms with van der Waals surface area (Å²) in [6.07, 6.45) is 8.99. The average Bonchev–Trinajstić information content (AvgIpc) is 3.34. The maximum atomic E-state index is 12.3. The third-order valence-corrected chi connectivity index (χ3v) is 5.06. The van der Waals surface area contributed by atoms with Gasteiger partial charge in [0.05, 0.1) is 0 Å². The van der Waals surface area contributed by atoms with Crippen LogP contribution in [-0.2, 0) is 9.53 Å². The van der Waals surface area contributed by atoms with Crippen molar-refractivity contribution in [2.75, 3.05) is 29.9 Å². The number of pyridine rings is 1. The first kappa shape index (κ1) is 19.7. The first-order valence-corrected chi connectivity index (χ1v) is 10.1. The van der Waals surface area contributed by atoms with Crippen LogP contribution in [-0.4, -0.2) is 41.1 Å². The van der Waals surface area contributed by atoms with Gasteiger partial charge < -0.3 is 19.5 Å². The highest BCUT2D eigenvalue weighted by Gasteiger charge is 2.14. The number of nitrogens with one attached hydrogen (secondary N) is 1. The van der Waals surface area contributed by atoms with Gasteiger partial charge in [0.1, 0.15) is 5.69 Å². The van der Waals surface area contributed by atoms with Gasteiger partial charge in [-0.1, -0.05) is 0 Å². The number of amides is 1. The quantitative estimate of drug-likeness (QED) is 0.635. The molecule has 1 aliphatic heterocycles. The van der Waals surface area contributed by atoms with Gasteiger partial charge in [-0.05, 0) is 67.8 Å². The molecule has 0 spiro atoms. The Balaban J connectivity index is 1.29. The maximum absolute atomic E-state index is 12.3. The molecule has 1 aromatic carbocycles. The van der Waals surface area contributed by atoms with Crippen molar-refractivity contribution in [2.24, 2.45) is 0 Å². The molecule has 0 saturated carbocycles. The summed E-state index contributed by atoms with van der Waals surface area (Å²) in [5.74, 6) is -1.03. The van der Waals surface area contributed by atoms with Crippen LogP contribution in [0.4, 0.5) is 11.4 Å². The molecule has 1 fully saturated rings. The fourth-order valence-electron chi connectivity index (χ4n) is 3.51. The molecule has 4 rings (SSSR count). The summed E-state index contributed by atoms with van der Waals surface area (Å²) in [7, 11) is 0. The second kappa shape index (κ2) is 9.26. The number of anilines is 2. The van der Waals surface area contributed by atoms with Gasteiger partial charge in [0.15, 0.2) is 6.61 Å². The second-order valence-corrected chi connectivity index (χ2v) is 7.21. The lowest BCUT2D eigenvalue weighted by Gasteiger charge is -2.28. The number of ether oxygens (including phenoxy) is 1. The number of benzene rings is 1. The standard InChI is InChI=1S/C23H24N4O3/c28-22(25-18-6-8-19(9-7-18)26-12-2-1-3-13-26)17-30-23(29)21-16-20(10-11-24-21)27-14-4-5-15-27/h4-11,14-16H,1-3,12-13,17H2,(H,25,28). The largest absolute Gasteiger partial charge is 0.451 e. The van der Waals surface area contributed by atoms with Crippen LogP contribution >= 0.6 is 0 Å². The van der Waals surface area contributed by atoms with Crippen LogP contribution in [0.5, 0.6) is 0 Å². The molecule has 1 N–H and O–H groups in total. The van der Waals surface area contributed by atoms with Gasteiger partial charge >= 0.3 is 5.97 Å². The number of esters is 1. The van der Waals surface area contributed by atoms with E-state index in [0.717, 1.165) is 24.5 Å². The van der Waals surface area contributed by atoms with Gasteiger partial charge in [-0.3, -0.25) is 4.79 Å². The van der Waals surface area contributed by atoms with Crippen molar-refractivity contribution in [1.82, 2.24) is 9.55 Å². The molecule has 0 aliphatic carbocycles. The summed E-state index contributed by atoms with van der Waals surface area (Å²) >= 11 is 0. The normalized spacial score (nSPS) is 13.7. The third kappa shape index (κ3) is 4.86. The van der Waals surface area contributed by atoms with E-state index in [4.69, 9.17) is 4.74 Å². The Morgan fingerprint density at radius 2 is 1.70 bits per heavy atom. The topological polar surface area (TPSA) is 76.5 Å². The van der Waals surface area contributed by atoms with E-state index < -0.39 is 11.9 Å². The van der Waals surface area contributed by atoms with Crippen LogP contribution in [0, 0.1) is 0 Å². The first-order chi connectivity index (χ1) is 14.7. The first-order valence-electron chi connectivity index (χ1n) is 10.1. The number of rotatable bonds is 6. The molecule has 0 atom stereocenters. The maximum Gasteiger partial charge on any atom is 0.357 e. The van der Waals surface area contributed by atoms with Gasteiger partial charge in [0.2, 0.25) is 0 Å².